The molecule has 0 saturated heterocycles. The Morgan fingerprint density at radius 3 is 2.58 bits per heavy atom. The predicted molar refractivity (Wildman–Crippen MR) is 99.6 cm³/mol. The van der Waals surface area contributed by atoms with Crippen LogP contribution in [0.2, 0.25) is 0 Å². The van der Waals surface area contributed by atoms with Crippen molar-refractivity contribution in [2.75, 3.05) is 5.75 Å². The van der Waals surface area contributed by atoms with Gasteiger partial charge < -0.3 is 0 Å². The quantitative estimate of drug-likeness (QED) is 0.479. The first-order chi connectivity index (χ1) is 11.6. The fourth-order valence-corrected chi connectivity index (χ4v) is 3.50. The van der Waals surface area contributed by atoms with Crippen LogP contribution < -0.4 is 0 Å². The van der Waals surface area contributed by atoms with Gasteiger partial charge in [-0.25, -0.2) is 0 Å². The van der Waals surface area contributed by atoms with Crippen LogP contribution >= 0.6 is 11.8 Å². The summed E-state index contributed by atoms with van der Waals surface area (Å²) < 4.78 is 0. The van der Waals surface area contributed by atoms with Gasteiger partial charge in [0.15, 0.2) is 5.78 Å². The minimum atomic E-state index is 0.117. The van der Waals surface area contributed by atoms with Crippen LogP contribution in [0.15, 0.2) is 59.8 Å². The Labute approximate surface area is 146 Å². The van der Waals surface area contributed by atoms with Crippen molar-refractivity contribution in [3.63, 3.8) is 0 Å². The van der Waals surface area contributed by atoms with Crippen molar-refractivity contribution < 1.29 is 4.79 Å². The van der Waals surface area contributed by atoms with Crippen molar-refractivity contribution in [1.82, 2.24) is 10.2 Å². The number of nitrogens with zero attached hydrogens (tertiary/aromatic N) is 2. The number of carbonyl (C=O) groups excluding carboxylic acids is 1. The van der Waals surface area contributed by atoms with Gasteiger partial charge in [0.25, 0.3) is 0 Å². The molecule has 0 unspecified atom stereocenters. The summed E-state index contributed by atoms with van der Waals surface area (Å²) in [6.45, 7) is 4.39. The second-order valence-electron chi connectivity index (χ2n) is 6.24. The SMILES string of the molecule is CC(C)Cc1ccc(C(=O)CSc2nncc3ccccc23)cc1. The van der Waals surface area contributed by atoms with Crippen molar-refractivity contribution in [1.29, 1.82) is 0 Å². The van der Waals surface area contributed by atoms with E-state index in [1.807, 2.05) is 36.4 Å². The fraction of sp³-hybridized carbons (Fsp3) is 0.250. The molecule has 0 aliphatic heterocycles. The van der Waals surface area contributed by atoms with Crippen molar-refractivity contribution in [3.8, 4) is 0 Å². The molecule has 1 heterocycles. The highest BCUT2D eigenvalue weighted by Crippen LogP contribution is 2.25. The van der Waals surface area contributed by atoms with Crippen LogP contribution in [-0.2, 0) is 6.42 Å². The van der Waals surface area contributed by atoms with Gasteiger partial charge in [-0.1, -0.05) is 74.1 Å². The van der Waals surface area contributed by atoms with Crippen molar-refractivity contribution in [3.05, 3.63) is 65.9 Å². The van der Waals surface area contributed by atoms with Crippen LogP contribution in [0.4, 0.5) is 0 Å². The number of thioether (sulfide) groups is 1. The first-order valence-corrected chi connectivity index (χ1v) is 9.07. The molecule has 0 fully saturated rings. The first-order valence-electron chi connectivity index (χ1n) is 8.09. The summed E-state index contributed by atoms with van der Waals surface area (Å²) in [6, 6.07) is 15.9. The Hall–Kier alpha value is -2.20. The Bertz CT molecular complexity index is 838. The van der Waals surface area contributed by atoms with Crippen LogP contribution in [0.3, 0.4) is 0 Å². The highest BCUT2D eigenvalue weighted by molar-refractivity contribution is 8.00. The van der Waals surface area contributed by atoms with Gasteiger partial charge in [-0.3, -0.25) is 4.79 Å². The molecule has 122 valence electrons. The van der Waals surface area contributed by atoms with Crippen molar-refractivity contribution >= 4 is 28.3 Å². The minimum Gasteiger partial charge on any atom is -0.293 e. The molecule has 24 heavy (non-hydrogen) atoms. The average Bonchev–Trinajstić information content (AvgIpc) is 2.59. The fourth-order valence-electron chi connectivity index (χ4n) is 2.62. The third kappa shape index (κ3) is 4.01. The van der Waals surface area contributed by atoms with Gasteiger partial charge in [0.05, 0.1) is 11.9 Å². The molecule has 3 aromatic rings. The second kappa shape index (κ2) is 7.58. The highest BCUT2D eigenvalue weighted by Gasteiger charge is 2.10. The molecule has 0 amide bonds. The molecule has 0 aliphatic carbocycles. The lowest BCUT2D eigenvalue weighted by Gasteiger charge is -2.07. The van der Waals surface area contributed by atoms with Crippen LogP contribution in [0, 0.1) is 5.92 Å². The second-order valence-corrected chi connectivity index (χ2v) is 7.21. The summed E-state index contributed by atoms with van der Waals surface area (Å²) in [5, 5.41) is 11.1. The Morgan fingerprint density at radius 2 is 1.83 bits per heavy atom. The number of hydrogen-bond acceptors (Lipinski definition) is 4. The summed E-state index contributed by atoms with van der Waals surface area (Å²) in [6.07, 6.45) is 2.78. The maximum Gasteiger partial charge on any atom is 0.173 e. The van der Waals surface area contributed by atoms with Gasteiger partial charge >= 0.3 is 0 Å². The smallest absolute Gasteiger partial charge is 0.173 e. The first kappa shape index (κ1) is 16.7. The largest absolute Gasteiger partial charge is 0.293 e. The van der Waals surface area contributed by atoms with Crippen molar-refractivity contribution in [2.24, 2.45) is 5.92 Å². The molecule has 3 rings (SSSR count). The van der Waals surface area contributed by atoms with E-state index in [0.717, 1.165) is 27.8 Å². The van der Waals surface area contributed by atoms with E-state index in [1.54, 1.807) is 6.20 Å². The van der Waals surface area contributed by atoms with Gasteiger partial charge in [-0.05, 0) is 17.9 Å². The van der Waals surface area contributed by atoms with Gasteiger partial charge in [0.2, 0.25) is 0 Å². The number of carbonyl (C=O) groups is 1. The summed E-state index contributed by atoms with van der Waals surface area (Å²) in [5.74, 6) is 1.10. The van der Waals surface area contributed by atoms with Gasteiger partial charge in [0.1, 0.15) is 5.03 Å². The summed E-state index contributed by atoms with van der Waals surface area (Å²) >= 11 is 1.44. The Kier molecular flexibility index (Phi) is 5.26. The van der Waals surface area contributed by atoms with E-state index >= 15 is 0 Å². The number of ketones is 1. The minimum absolute atomic E-state index is 0.117. The lowest BCUT2D eigenvalue weighted by molar-refractivity contribution is 0.102. The highest BCUT2D eigenvalue weighted by atomic mass is 32.2. The standard InChI is InChI=1S/C20H20N2OS/c1-14(2)11-15-7-9-16(10-8-15)19(23)13-24-20-18-6-4-3-5-17(18)12-21-22-20/h3-10,12,14H,11,13H2,1-2H3. The molecule has 0 saturated carbocycles. The number of benzene rings is 2. The maximum absolute atomic E-state index is 12.4. The van der Waals surface area contributed by atoms with Crippen LogP contribution in [0.25, 0.3) is 10.8 Å². The number of fused-ring (bicyclic) bond motifs is 1. The zero-order valence-electron chi connectivity index (χ0n) is 13.9. The predicted octanol–water partition coefficient (Wildman–Crippen LogP) is 4.80. The molecule has 1 aromatic heterocycles. The molecule has 0 radical (unpaired) electrons. The van der Waals surface area contributed by atoms with E-state index in [0.29, 0.717) is 11.7 Å². The monoisotopic (exact) mass is 336 g/mol. The topological polar surface area (TPSA) is 42.9 Å². The van der Waals surface area contributed by atoms with E-state index in [9.17, 15) is 4.79 Å². The van der Waals surface area contributed by atoms with Gasteiger partial charge in [-0.15, -0.1) is 5.10 Å². The summed E-state index contributed by atoms with van der Waals surface area (Å²) in [5.41, 5.74) is 2.03. The van der Waals surface area contributed by atoms with E-state index in [1.165, 1.54) is 17.3 Å². The number of Topliss-reactive ketones (excluding diaryl/α,β-unsaturated/α-hetero) is 1. The lowest BCUT2D eigenvalue weighted by Crippen LogP contribution is -2.03. The maximum atomic E-state index is 12.4. The molecule has 0 atom stereocenters. The van der Waals surface area contributed by atoms with Gasteiger partial charge in [-0.2, -0.15) is 5.10 Å². The van der Waals surface area contributed by atoms with Crippen LogP contribution in [-0.4, -0.2) is 21.7 Å². The number of aromatic nitrogens is 2. The van der Waals surface area contributed by atoms with Crippen molar-refractivity contribution in [2.45, 2.75) is 25.3 Å². The molecular weight excluding hydrogens is 316 g/mol. The van der Waals surface area contributed by atoms with E-state index in [4.69, 9.17) is 0 Å². The summed E-state index contributed by atoms with van der Waals surface area (Å²) in [7, 11) is 0. The average molecular weight is 336 g/mol. The number of rotatable bonds is 6. The van der Waals surface area contributed by atoms with Crippen LogP contribution in [0.1, 0.15) is 29.8 Å². The molecule has 4 heteroatoms. The Morgan fingerprint density at radius 1 is 1.08 bits per heavy atom. The van der Waals surface area contributed by atoms with E-state index in [-0.39, 0.29) is 5.78 Å². The van der Waals surface area contributed by atoms with Crippen LogP contribution in [0.5, 0.6) is 0 Å². The zero-order chi connectivity index (χ0) is 16.9. The Balaban J connectivity index is 1.68. The molecule has 0 bridgehead atoms. The lowest BCUT2D eigenvalue weighted by atomic mass is 10.0. The van der Waals surface area contributed by atoms with E-state index in [2.05, 4.69) is 36.2 Å². The number of hydrogen-bond donors (Lipinski definition) is 0. The third-order valence-corrected chi connectivity index (χ3v) is 4.78. The molecule has 0 spiro atoms. The molecule has 0 aliphatic rings. The third-order valence-electron chi connectivity index (χ3n) is 3.80. The molecule has 0 N–H and O–H groups in total. The van der Waals surface area contributed by atoms with Gasteiger partial charge in [0, 0.05) is 16.3 Å². The van der Waals surface area contributed by atoms with E-state index < -0.39 is 0 Å². The molecule has 3 nitrogen and oxygen atoms in total. The summed E-state index contributed by atoms with van der Waals surface area (Å²) in [4.78, 5) is 12.4. The normalized spacial score (nSPS) is 11.1. The zero-order valence-corrected chi connectivity index (χ0v) is 14.7. The molecule has 2 aromatic carbocycles. The molecular formula is C20H20N2OS.